The van der Waals surface area contributed by atoms with E-state index in [2.05, 4.69) is 25.8 Å². The van der Waals surface area contributed by atoms with E-state index in [1.165, 1.54) is 0 Å². The van der Waals surface area contributed by atoms with Gasteiger partial charge in [-0.2, -0.15) is 0 Å². The molecular formula is C29H45N8O21PS2. The Kier molecular flexibility index (Phi) is 23.4. The van der Waals surface area contributed by atoms with Gasteiger partial charge >= 0.3 is 37.4 Å². The zero-order valence-corrected chi connectivity index (χ0v) is 33.9. The van der Waals surface area contributed by atoms with Crippen LogP contribution in [0.4, 0.5) is 0 Å². The first-order valence-electron chi connectivity index (χ1n) is 17.1. The van der Waals surface area contributed by atoms with Crippen molar-refractivity contribution in [2.24, 2.45) is 11.5 Å². The number of nitrogens with one attached hydrogen (secondary N) is 5. The van der Waals surface area contributed by atoms with E-state index >= 15 is 0 Å². The molecule has 17 N–H and O–H groups in total. The molecule has 0 radical (unpaired) electrons. The molecule has 2 rings (SSSR count). The number of aromatic amines is 1. The van der Waals surface area contributed by atoms with Gasteiger partial charge in [0.2, 0.25) is 23.6 Å². The number of carbonyl (C=O) groups excluding carboxylic acids is 4. The van der Waals surface area contributed by atoms with Gasteiger partial charge in [-0.3, -0.25) is 57.2 Å². The third-order valence-corrected chi connectivity index (χ3v) is 10.5. The summed E-state index contributed by atoms with van der Waals surface area (Å²) in [6, 6.07) is -4.14. The van der Waals surface area contributed by atoms with Crippen LogP contribution in [-0.4, -0.2) is 171 Å². The van der Waals surface area contributed by atoms with Crippen molar-refractivity contribution in [3.05, 3.63) is 33.1 Å². The van der Waals surface area contributed by atoms with Crippen molar-refractivity contribution in [3.63, 3.8) is 0 Å². The van der Waals surface area contributed by atoms with Crippen LogP contribution in [0, 0.1) is 0 Å². The Labute approximate surface area is 349 Å². The maximum absolute atomic E-state index is 12.4. The molecular weight excluding hydrogens is 891 g/mol. The molecule has 1 aromatic rings. The zero-order valence-electron chi connectivity index (χ0n) is 31.4. The molecule has 0 aliphatic carbocycles. The van der Waals surface area contributed by atoms with Crippen molar-refractivity contribution in [1.82, 2.24) is 30.8 Å². The number of aliphatic carboxylic acids is 4. The normalized spacial score (nSPS) is 19.1. The van der Waals surface area contributed by atoms with E-state index in [0.29, 0.717) is 0 Å². The summed E-state index contributed by atoms with van der Waals surface area (Å²) in [6.45, 7) is -2.16. The zero-order chi connectivity index (χ0) is 46.6. The standard InChI is InChI=1S/C20H32N6O12S2.C9H13N2O9P/c21-9(19(35)36)1-3-13(27)25-11(17(33)23-5-15(29)30)7-39-40-8-12(18(34)24-6-16(31)32)26-14(28)4-2-10(22)20(37)38;12-5-1-2-11(9(15)10-5)8-7(14)6(13)4(20-8)3-19-21(16,17)18/h9-12H,1-8,21-22H2,(H,23,33)(H,24,34)(H,25,27)(H,26,28)(H,29,30)(H,31,32)(H,35,36)(H,37,38);1-2,4,6-8,13-14H,3H2,(H,10,12,15)(H2,16,17,18)/t;4-,6-,7-,8?/m.0/s1. The summed E-state index contributed by atoms with van der Waals surface area (Å²) in [6.07, 6.45) is -5.71. The quantitative estimate of drug-likeness (QED) is 0.0246. The molecule has 1 aliphatic rings. The molecule has 0 spiro atoms. The van der Waals surface area contributed by atoms with Crippen LogP contribution < -0.4 is 44.0 Å². The highest BCUT2D eigenvalue weighted by molar-refractivity contribution is 8.76. The number of nitrogens with zero attached hydrogens (tertiary/aromatic N) is 1. The third-order valence-electron chi connectivity index (χ3n) is 7.55. The Balaban J connectivity index is 0.000000734. The van der Waals surface area contributed by atoms with Gasteiger partial charge in [0.25, 0.3) is 5.56 Å². The number of hydrogen-bond acceptors (Lipinski definition) is 19. The van der Waals surface area contributed by atoms with Crippen molar-refractivity contribution >= 4 is 76.9 Å². The summed E-state index contributed by atoms with van der Waals surface area (Å²) in [4.78, 5) is 134. The van der Waals surface area contributed by atoms with Gasteiger partial charge in [-0.15, -0.1) is 0 Å². The predicted molar refractivity (Wildman–Crippen MR) is 205 cm³/mol. The van der Waals surface area contributed by atoms with E-state index in [1.807, 2.05) is 4.98 Å². The number of hydrogen-bond donors (Lipinski definition) is 15. The van der Waals surface area contributed by atoms with Crippen LogP contribution in [0.5, 0.6) is 0 Å². The van der Waals surface area contributed by atoms with Crippen molar-refractivity contribution in [2.75, 3.05) is 31.2 Å². The number of aromatic nitrogens is 2. The molecule has 1 saturated heterocycles. The first-order valence-corrected chi connectivity index (χ1v) is 21.2. The highest BCUT2D eigenvalue weighted by atomic mass is 33.1. The first kappa shape index (κ1) is 54.1. The highest BCUT2D eigenvalue weighted by Gasteiger charge is 2.45. The van der Waals surface area contributed by atoms with Crippen LogP contribution >= 0.6 is 29.4 Å². The molecule has 1 fully saturated rings. The Bertz CT molecular complexity index is 1810. The van der Waals surface area contributed by atoms with Gasteiger partial charge in [0.15, 0.2) is 6.23 Å². The number of rotatable bonds is 25. The number of carbonyl (C=O) groups is 8. The molecule has 0 saturated carbocycles. The number of phosphoric ester groups is 1. The SMILES string of the molecule is NC(CCC(=O)NC(CSSCC(NC(=O)CCC(N)C(=O)O)C(=O)NCC(=O)O)C(=O)NCC(=O)O)C(=O)O.O=c1ccn(C2O[C@@H](COP(=O)(O)O)[C@H](O)[C@@H]2O)c(=O)[nH]1. The second kappa shape index (κ2) is 26.4. The fraction of sp³-hybridized carbons (Fsp3) is 0.586. The molecule has 5 unspecified atom stereocenters. The van der Waals surface area contributed by atoms with Crippen molar-refractivity contribution in [3.8, 4) is 0 Å². The Hall–Kier alpha value is -4.95. The summed E-state index contributed by atoms with van der Waals surface area (Å²) in [5.74, 6) is -8.81. The molecule has 0 aromatic carbocycles. The summed E-state index contributed by atoms with van der Waals surface area (Å²) < 4.78 is 20.8. The van der Waals surface area contributed by atoms with E-state index < -0.39 is 135 Å². The van der Waals surface area contributed by atoms with E-state index in [-0.39, 0.29) is 37.2 Å². The molecule has 4 amide bonds. The van der Waals surface area contributed by atoms with Gasteiger partial charge in [-0.25, -0.2) is 9.36 Å². The highest BCUT2D eigenvalue weighted by Crippen LogP contribution is 2.38. The second-order valence-electron chi connectivity index (χ2n) is 12.3. The monoisotopic (exact) mass is 936 g/mol. The van der Waals surface area contributed by atoms with Gasteiger partial charge in [0, 0.05) is 36.6 Å². The smallest absolute Gasteiger partial charge is 0.469 e. The van der Waals surface area contributed by atoms with Gasteiger partial charge in [-0.05, 0) is 12.8 Å². The fourth-order valence-corrected chi connectivity index (χ4v) is 7.09. The number of aliphatic hydroxyl groups excluding tert-OH is 2. The first-order chi connectivity index (χ1) is 28.3. The van der Waals surface area contributed by atoms with E-state index in [1.54, 1.807) is 0 Å². The van der Waals surface area contributed by atoms with E-state index in [9.17, 15) is 62.7 Å². The van der Waals surface area contributed by atoms with Crippen molar-refractivity contribution in [2.45, 2.75) is 74.4 Å². The number of phosphoric acid groups is 1. The predicted octanol–water partition coefficient (Wildman–Crippen LogP) is -6.61. The summed E-state index contributed by atoms with van der Waals surface area (Å²) >= 11 is 0. The number of ether oxygens (including phenoxy) is 1. The summed E-state index contributed by atoms with van der Waals surface area (Å²) in [7, 11) is -2.87. The van der Waals surface area contributed by atoms with Crippen LogP contribution in [-0.2, 0) is 52.2 Å². The van der Waals surface area contributed by atoms with Crippen LogP contribution in [0.25, 0.3) is 0 Å². The van der Waals surface area contributed by atoms with Gasteiger partial charge in [-0.1, -0.05) is 21.6 Å². The molecule has 1 aliphatic heterocycles. The number of H-pyrrole nitrogens is 1. The maximum Gasteiger partial charge on any atom is 0.469 e. The van der Waals surface area contributed by atoms with Crippen LogP contribution in [0.2, 0.25) is 0 Å². The van der Waals surface area contributed by atoms with Gasteiger partial charge < -0.3 is 77.9 Å². The number of aliphatic hydroxyl groups is 2. The lowest BCUT2D eigenvalue weighted by molar-refractivity contribution is -0.140. The van der Waals surface area contributed by atoms with E-state index in [4.69, 9.17) is 46.4 Å². The maximum atomic E-state index is 12.4. The lowest BCUT2D eigenvalue weighted by Gasteiger charge is -2.20. The van der Waals surface area contributed by atoms with Gasteiger partial charge in [0.05, 0.1) is 6.61 Å². The fourth-order valence-electron chi connectivity index (χ4n) is 4.42. The molecule has 61 heavy (non-hydrogen) atoms. The molecule has 0 bridgehead atoms. The van der Waals surface area contributed by atoms with Crippen molar-refractivity contribution in [1.29, 1.82) is 0 Å². The lowest BCUT2D eigenvalue weighted by atomic mass is 10.1. The topological polar surface area (TPSA) is 489 Å². The van der Waals surface area contributed by atoms with Crippen LogP contribution in [0.1, 0.15) is 31.9 Å². The largest absolute Gasteiger partial charge is 0.480 e. The van der Waals surface area contributed by atoms with Crippen molar-refractivity contribution < 1.29 is 92.6 Å². The number of carboxylic acid groups (broad SMARTS) is 4. The number of nitrogens with two attached hydrogens (primary N) is 2. The second-order valence-corrected chi connectivity index (χ2v) is 16.1. The summed E-state index contributed by atoms with van der Waals surface area (Å²) in [5, 5.41) is 63.6. The molecule has 344 valence electrons. The third kappa shape index (κ3) is 21.4. The Morgan fingerprint density at radius 1 is 0.803 bits per heavy atom. The van der Waals surface area contributed by atoms with Crippen LogP contribution in [0.3, 0.4) is 0 Å². The molecule has 1 aromatic heterocycles. The molecule has 32 heteroatoms. The Morgan fingerprint density at radius 2 is 1.25 bits per heavy atom. The van der Waals surface area contributed by atoms with Gasteiger partial charge in [0.1, 0.15) is 55.6 Å². The molecule has 8 atom stereocenters. The minimum Gasteiger partial charge on any atom is -0.480 e. The average molecular weight is 937 g/mol. The Morgan fingerprint density at radius 3 is 1.62 bits per heavy atom. The summed E-state index contributed by atoms with van der Waals surface area (Å²) in [5.41, 5.74) is 9.18. The number of carboxylic acids is 4. The number of amides is 4. The van der Waals surface area contributed by atoms with E-state index in [0.717, 1.165) is 38.4 Å². The molecule has 29 nitrogen and oxygen atoms in total. The minimum absolute atomic E-state index is 0.155. The average Bonchev–Trinajstić information content (AvgIpc) is 3.45. The van der Waals surface area contributed by atoms with Crippen LogP contribution in [0.15, 0.2) is 21.9 Å². The minimum atomic E-state index is -4.76. The molecule has 2 heterocycles. The lowest BCUT2D eigenvalue weighted by Crippen LogP contribution is -2.50.